The van der Waals surface area contributed by atoms with E-state index in [0.29, 0.717) is 30.3 Å². The Morgan fingerprint density at radius 2 is 1.81 bits per heavy atom. The molecule has 0 aliphatic carbocycles. The van der Waals surface area contributed by atoms with E-state index in [-0.39, 0.29) is 11.6 Å². The minimum atomic E-state index is -0.483. The van der Waals surface area contributed by atoms with Crippen LogP contribution in [0.2, 0.25) is 0 Å². The molecule has 0 fully saturated rings. The molecule has 132 valence electrons. The van der Waals surface area contributed by atoms with Crippen molar-refractivity contribution in [3.05, 3.63) is 59.3 Å². The fourth-order valence-electron chi connectivity index (χ4n) is 2.69. The van der Waals surface area contributed by atoms with Gasteiger partial charge in [0.25, 0.3) is 0 Å². The van der Waals surface area contributed by atoms with Crippen LogP contribution >= 0.6 is 0 Å². The predicted octanol–water partition coefficient (Wildman–Crippen LogP) is 3.20. The van der Waals surface area contributed by atoms with Crippen molar-refractivity contribution in [2.75, 3.05) is 20.3 Å². The van der Waals surface area contributed by atoms with Gasteiger partial charge < -0.3 is 18.9 Å². The van der Waals surface area contributed by atoms with Gasteiger partial charge in [0.05, 0.1) is 20.3 Å². The van der Waals surface area contributed by atoms with Crippen molar-refractivity contribution in [1.29, 1.82) is 0 Å². The Morgan fingerprint density at radius 1 is 1.04 bits per heavy atom. The van der Waals surface area contributed by atoms with Crippen LogP contribution in [0.5, 0.6) is 17.2 Å². The van der Waals surface area contributed by atoms with Crippen molar-refractivity contribution in [2.24, 2.45) is 4.99 Å². The summed E-state index contributed by atoms with van der Waals surface area (Å²) in [6, 6.07) is 12.7. The number of nitrogens with zero attached hydrogens (tertiary/aromatic N) is 1. The third-order valence-corrected chi connectivity index (χ3v) is 4.03. The Hall–Kier alpha value is -3.28. The van der Waals surface area contributed by atoms with E-state index in [9.17, 15) is 4.79 Å². The fourth-order valence-corrected chi connectivity index (χ4v) is 2.69. The van der Waals surface area contributed by atoms with E-state index in [0.717, 1.165) is 17.7 Å². The van der Waals surface area contributed by atoms with Gasteiger partial charge in [0.15, 0.2) is 17.2 Å². The molecule has 0 N–H and O–H groups in total. The molecule has 0 saturated heterocycles. The van der Waals surface area contributed by atoms with E-state index >= 15 is 0 Å². The van der Waals surface area contributed by atoms with Gasteiger partial charge in [-0.2, -0.15) is 0 Å². The van der Waals surface area contributed by atoms with Crippen molar-refractivity contribution >= 4 is 17.9 Å². The normalized spacial score (nSPS) is 17.5. The molecule has 26 heavy (non-hydrogen) atoms. The third-order valence-electron chi connectivity index (χ3n) is 4.03. The molecule has 0 aromatic heterocycles. The Kier molecular flexibility index (Phi) is 4.31. The van der Waals surface area contributed by atoms with Crippen LogP contribution in [-0.2, 0) is 9.53 Å². The molecule has 0 unspecified atom stereocenters. The zero-order chi connectivity index (χ0) is 17.9. The highest BCUT2D eigenvalue weighted by Crippen LogP contribution is 2.31. The van der Waals surface area contributed by atoms with Gasteiger partial charge in [0.2, 0.25) is 5.90 Å². The highest BCUT2D eigenvalue weighted by Gasteiger charge is 2.24. The van der Waals surface area contributed by atoms with E-state index in [2.05, 4.69) is 4.99 Å². The Bertz CT molecular complexity index is 899. The smallest absolute Gasteiger partial charge is 0.363 e. The second-order valence-corrected chi connectivity index (χ2v) is 5.82. The number of fused-ring (bicyclic) bond motifs is 1. The molecule has 2 aromatic carbocycles. The molecule has 0 saturated carbocycles. The van der Waals surface area contributed by atoms with Gasteiger partial charge in [-0.15, -0.1) is 0 Å². The topological polar surface area (TPSA) is 66.3 Å². The van der Waals surface area contributed by atoms with Crippen LogP contribution in [0.4, 0.5) is 0 Å². The average Bonchev–Trinajstić information content (AvgIpc) is 2.88. The maximum absolute atomic E-state index is 12.1. The van der Waals surface area contributed by atoms with Crippen LogP contribution < -0.4 is 14.2 Å². The molecule has 2 heterocycles. The van der Waals surface area contributed by atoms with Crippen LogP contribution in [0.1, 0.15) is 17.5 Å². The van der Waals surface area contributed by atoms with Gasteiger partial charge in [-0.1, -0.05) is 6.07 Å². The lowest BCUT2D eigenvalue weighted by atomic mass is 10.1. The van der Waals surface area contributed by atoms with E-state index in [1.807, 2.05) is 18.2 Å². The van der Waals surface area contributed by atoms with E-state index in [4.69, 9.17) is 18.9 Å². The van der Waals surface area contributed by atoms with Gasteiger partial charge in [-0.25, -0.2) is 9.79 Å². The zero-order valence-electron chi connectivity index (χ0n) is 14.2. The van der Waals surface area contributed by atoms with Crippen molar-refractivity contribution in [3.8, 4) is 17.2 Å². The molecule has 6 heteroatoms. The Morgan fingerprint density at radius 3 is 2.58 bits per heavy atom. The van der Waals surface area contributed by atoms with Crippen LogP contribution in [0.3, 0.4) is 0 Å². The first-order valence-corrected chi connectivity index (χ1v) is 8.29. The first kappa shape index (κ1) is 16.2. The summed E-state index contributed by atoms with van der Waals surface area (Å²) in [5.74, 6) is 1.89. The summed E-state index contributed by atoms with van der Waals surface area (Å²) in [5.41, 5.74) is 1.74. The number of hydrogen-bond acceptors (Lipinski definition) is 6. The number of rotatable bonds is 3. The lowest BCUT2D eigenvalue weighted by Gasteiger charge is -2.07. The molecule has 4 rings (SSSR count). The number of carbonyl (C=O) groups excluding carboxylic acids is 1. The maximum atomic E-state index is 12.1. The summed E-state index contributed by atoms with van der Waals surface area (Å²) in [5, 5.41) is 0. The van der Waals surface area contributed by atoms with Crippen molar-refractivity contribution in [1.82, 2.24) is 0 Å². The molecule has 2 aliphatic heterocycles. The maximum Gasteiger partial charge on any atom is 0.363 e. The van der Waals surface area contributed by atoms with Crippen LogP contribution in [0, 0.1) is 0 Å². The minimum absolute atomic E-state index is 0.241. The number of ether oxygens (including phenoxy) is 4. The van der Waals surface area contributed by atoms with Crippen molar-refractivity contribution < 1.29 is 23.7 Å². The van der Waals surface area contributed by atoms with Gasteiger partial charge in [-0.3, -0.25) is 0 Å². The number of cyclic esters (lactones) is 1. The molecule has 2 aliphatic rings. The van der Waals surface area contributed by atoms with E-state index in [1.165, 1.54) is 0 Å². The fraction of sp³-hybridized carbons (Fsp3) is 0.200. The first-order chi connectivity index (χ1) is 12.7. The Labute approximate surface area is 150 Å². The van der Waals surface area contributed by atoms with Crippen LogP contribution in [-0.4, -0.2) is 32.2 Å². The van der Waals surface area contributed by atoms with E-state index < -0.39 is 5.97 Å². The zero-order valence-corrected chi connectivity index (χ0v) is 14.2. The third kappa shape index (κ3) is 3.26. The van der Waals surface area contributed by atoms with Crippen molar-refractivity contribution in [3.63, 3.8) is 0 Å². The number of hydrogen-bond donors (Lipinski definition) is 0. The molecule has 0 bridgehead atoms. The van der Waals surface area contributed by atoms with Gasteiger partial charge >= 0.3 is 5.97 Å². The summed E-state index contributed by atoms with van der Waals surface area (Å²) in [7, 11) is 1.60. The summed E-state index contributed by atoms with van der Waals surface area (Å²) in [6.45, 7) is 1.24. The molecule has 6 nitrogen and oxygen atoms in total. The molecule has 0 amide bonds. The monoisotopic (exact) mass is 351 g/mol. The molecular weight excluding hydrogens is 334 g/mol. The lowest BCUT2D eigenvalue weighted by Crippen LogP contribution is -2.05. The minimum Gasteiger partial charge on any atom is -0.497 e. The molecule has 0 spiro atoms. The quantitative estimate of drug-likeness (QED) is 0.628. The molecular formula is C20H17NO5. The second kappa shape index (κ2) is 6.92. The Balaban J connectivity index is 1.61. The van der Waals surface area contributed by atoms with Gasteiger partial charge in [-0.05, 0) is 48.0 Å². The average molecular weight is 351 g/mol. The molecule has 0 radical (unpaired) electrons. The predicted molar refractivity (Wildman–Crippen MR) is 95.6 cm³/mol. The van der Waals surface area contributed by atoms with E-state index in [1.54, 1.807) is 37.5 Å². The SMILES string of the molecule is COc1ccc(C2=N/C(=C/c3ccc4c(c3)OCCCO4)C(=O)O2)cc1. The summed E-state index contributed by atoms with van der Waals surface area (Å²) >= 11 is 0. The number of methoxy groups -OCH3 is 1. The summed E-state index contributed by atoms with van der Waals surface area (Å²) in [6.07, 6.45) is 2.51. The molecule has 0 atom stereocenters. The van der Waals surface area contributed by atoms with Crippen LogP contribution in [0.25, 0.3) is 6.08 Å². The second-order valence-electron chi connectivity index (χ2n) is 5.82. The highest BCUT2D eigenvalue weighted by molar-refractivity contribution is 6.12. The van der Waals surface area contributed by atoms with Gasteiger partial charge in [0, 0.05) is 12.0 Å². The lowest BCUT2D eigenvalue weighted by molar-refractivity contribution is -0.129. The summed E-state index contributed by atoms with van der Waals surface area (Å²) in [4.78, 5) is 16.5. The molecule has 2 aromatic rings. The summed E-state index contributed by atoms with van der Waals surface area (Å²) < 4.78 is 21.7. The first-order valence-electron chi connectivity index (χ1n) is 8.29. The number of esters is 1. The standard InChI is InChI=1S/C20H17NO5/c1-23-15-6-4-14(5-7-15)19-21-16(20(22)26-19)11-13-3-8-17-18(12-13)25-10-2-9-24-17/h3-8,11-12H,2,9-10H2,1H3/b16-11+. The number of aliphatic imine (C=N–C) groups is 1. The van der Waals surface area contributed by atoms with Crippen molar-refractivity contribution in [2.45, 2.75) is 6.42 Å². The largest absolute Gasteiger partial charge is 0.497 e. The highest BCUT2D eigenvalue weighted by atomic mass is 16.6. The number of carbonyl (C=O) groups is 1. The van der Waals surface area contributed by atoms with Crippen LogP contribution in [0.15, 0.2) is 53.2 Å². The number of benzene rings is 2. The van der Waals surface area contributed by atoms with Gasteiger partial charge in [0.1, 0.15) is 5.75 Å².